The molecule has 0 fully saturated rings. The zero-order valence-corrected chi connectivity index (χ0v) is 12.3. The van der Waals surface area contributed by atoms with Gasteiger partial charge in [-0.2, -0.15) is 9.78 Å². The van der Waals surface area contributed by atoms with E-state index in [4.69, 9.17) is 6.15 Å². The summed E-state index contributed by atoms with van der Waals surface area (Å²) in [7, 11) is 1.48. The molecule has 3 rings (SSSR count). The van der Waals surface area contributed by atoms with Gasteiger partial charge in [0.2, 0.25) is 5.88 Å². The molecule has 0 aliphatic heterocycles. The number of aromatic amines is 1. The molecule has 0 saturated heterocycles. The van der Waals surface area contributed by atoms with Crippen molar-refractivity contribution in [2.75, 3.05) is 0 Å². The Bertz CT molecular complexity index is 872. The van der Waals surface area contributed by atoms with Gasteiger partial charge in [0.15, 0.2) is 7.23 Å². The van der Waals surface area contributed by atoms with Gasteiger partial charge in [-0.3, -0.25) is 5.09 Å². The van der Waals surface area contributed by atoms with Crippen LogP contribution in [0.1, 0.15) is 5.56 Å². The Morgan fingerprint density at radius 2 is 2.38 bits per heavy atom. The number of H-pyrrole nitrogens is 1. The molecule has 0 aliphatic carbocycles. The molecule has 0 saturated carbocycles. The van der Waals surface area contributed by atoms with Gasteiger partial charge in [0.05, 0.1) is 11.8 Å². The third-order valence-electron chi connectivity index (χ3n) is 2.61. The Morgan fingerprint density at radius 3 is 3.05 bits per heavy atom. The van der Waals surface area contributed by atoms with Crippen molar-refractivity contribution in [3.05, 3.63) is 39.0 Å². The number of nitrogens with zero attached hydrogens (tertiary/aromatic N) is 7. The quantitative estimate of drug-likeness (QED) is 0.690. The fraction of sp³-hybridized carbons (Fsp3) is 0.200. The average molecular weight is 355 g/mol. The fourth-order valence-corrected chi connectivity index (χ4v) is 1.96. The SMILES string of the molecule is [3H]n1ccc(OCc2c(Br)cnnc2-n2nnn(C)c2=O)n1. The molecule has 0 aliphatic rings. The van der Waals surface area contributed by atoms with Crippen LogP contribution in [-0.4, -0.2) is 40.2 Å². The van der Waals surface area contributed by atoms with Gasteiger partial charge in [-0.1, -0.05) is 0 Å². The van der Waals surface area contributed by atoms with Crippen LogP contribution in [0.5, 0.6) is 5.88 Å². The van der Waals surface area contributed by atoms with Crippen molar-refractivity contribution >= 4 is 15.9 Å². The first-order valence-electron chi connectivity index (χ1n) is 6.18. The second-order valence-corrected chi connectivity index (χ2v) is 4.80. The zero-order valence-electron chi connectivity index (χ0n) is 11.7. The van der Waals surface area contributed by atoms with Gasteiger partial charge >= 0.3 is 5.69 Å². The fourth-order valence-electron chi connectivity index (χ4n) is 1.57. The summed E-state index contributed by atoms with van der Waals surface area (Å²) in [6.07, 6.45) is 2.91. The van der Waals surface area contributed by atoms with Crippen molar-refractivity contribution in [3.8, 4) is 11.7 Å². The monoisotopic (exact) mass is 354 g/mol. The lowest BCUT2D eigenvalue weighted by atomic mass is 10.3. The van der Waals surface area contributed by atoms with E-state index in [9.17, 15) is 4.79 Å². The number of hydrogen-bond acceptors (Lipinski definition) is 7. The minimum atomic E-state index is -0.455. The van der Waals surface area contributed by atoms with Gasteiger partial charge in [0.1, 0.15) is 6.61 Å². The normalized spacial score (nSPS) is 11.4. The highest BCUT2D eigenvalue weighted by Gasteiger charge is 2.17. The van der Waals surface area contributed by atoms with Crippen LogP contribution in [0.3, 0.4) is 0 Å². The van der Waals surface area contributed by atoms with Crippen molar-refractivity contribution in [3.63, 3.8) is 0 Å². The first-order valence-corrected chi connectivity index (χ1v) is 6.52. The van der Waals surface area contributed by atoms with Crippen molar-refractivity contribution in [2.24, 2.45) is 7.05 Å². The predicted molar refractivity (Wildman–Crippen MR) is 72.8 cm³/mol. The molecule has 0 unspecified atom stereocenters. The summed E-state index contributed by atoms with van der Waals surface area (Å²) in [5.41, 5.74) is 0.0983. The molecule has 0 spiro atoms. The molecule has 3 aromatic heterocycles. The summed E-state index contributed by atoms with van der Waals surface area (Å²) in [6, 6.07) is 1.55. The van der Waals surface area contributed by atoms with Gasteiger partial charge in [-0.15, -0.1) is 14.9 Å². The summed E-state index contributed by atoms with van der Waals surface area (Å²) >= 11 is 3.34. The highest BCUT2D eigenvalue weighted by Crippen LogP contribution is 2.21. The van der Waals surface area contributed by atoms with Crippen LogP contribution in [-0.2, 0) is 13.7 Å². The largest absolute Gasteiger partial charge is 0.472 e. The number of rotatable bonds is 4. The molecular formula is C10H9BrN8O2. The van der Waals surface area contributed by atoms with Gasteiger partial charge in [0, 0.05) is 23.8 Å². The number of hydrogen-bond donors (Lipinski definition) is 1. The van der Waals surface area contributed by atoms with E-state index in [-0.39, 0.29) is 18.3 Å². The van der Waals surface area contributed by atoms with E-state index in [0.29, 0.717) is 10.0 Å². The van der Waals surface area contributed by atoms with E-state index in [1.165, 1.54) is 19.4 Å². The maximum atomic E-state index is 11.9. The molecule has 0 bridgehead atoms. The maximum Gasteiger partial charge on any atom is 0.369 e. The van der Waals surface area contributed by atoms with Crippen molar-refractivity contribution in [2.45, 2.75) is 6.61 Å². The van der Waals surface area contributed by atoms with Crippen LogP contribution < -0.4 is 10.4 Å². The molecular weight excluding hydrogens is 344 g/mol. The topological polar surface area (TPSA) is 116 Å². The van der Waals surface area contributed by atoms with Crippen molar-refractivity contribution < 1.29 is 6.15 Å². The van der Waals surface area contributed by atoms with Gasteiger partial charge in [-0.05, 0) is 26.4 Å². The third kappa shape index (κ3) is 2.54. The van der Waals surface area contributed by atoms with Crippen LogP contribution in [0.4, 0.5) is 0 Å². The van der Waals surface area contributed by atoms with Crippen LogP contribution >= 0.6 is 15.9 Å². The number of halogens is 1. The van der Waals surface area contributed by atoms with E-state index in [1.54, 1.807) is 6.07 Å². The second-order valence-electron chi connectivity index (χ2n) is 3.95. The third-order valence-corrected chi connectivity index (χ3v) is 3.29. The van der Waals surface area contributed by atoms with Gasteiger partial charge < -0.3 is 4.74 Å². The first kappa shape index (κ1) is 12.2. The minimum Gasteiger partial charge on any atom is -0.472 e. The van der Waals surface area contributed by atoms with Crippen LogP contribution in [0.2, 0.25) is 1.41 Å². The second kappa shape index (κ2) is 5.44. The van der Waals surface area contributed by atoms with Crippen molar-refractivity contribution in [1.29, 1.82) is 0 Å². The Hall–Kier alpha value is -2.56. The lowest BCUT2D eigenvalue weighted by Crippen LogP contribution is -2.24. The molecule has 3 heterocycles. The van der Waals surface area contributed by atoms with E-state index >= 15 is 0 Å². The van der Waals surface area contributed by atoms with Crippen molar-refractivity contribution in [1.82, 2.24) is 40.2 Å². The predicted octanol–water partition coefficient (Wildman–Crippen LogP) is -0.179. The van der Waals surface area contributed by atoms with Gasteiger partial charge in [0.25, 0.3) is 0 Å². The zero-order chi connectivity index (χ0) is 15.7. The number of tetrazole rings is 1. The van der Waals surface area contributed by atoms with Crippen LogP contribution in [0, 0.1) is 0 Å². The molecule has 0 aromatic carbocycles. The molecule has 0 atom stereocenters. The van der Waals surface area contributed by atoms with E-state index < -0.39 is 5.69 Å². The van der Waals surface area contributed by atoms with Crippen LogP contribution in [0.15, 0.2) is 27.7 Å². The number of aromatic nitrogens is 8. The Kier molecular flexibility index (Phi) is 3.16. The Morgan fingerprint density at radius 1 is 1.52 bits per heavy atom. The molecule has 10 nitrogen and oxygen atoms in total. The van der Waals surface area contributed by atoms with E-state index in [0.717, 1.165) is 14.5 Å². The number of ether oxygens (including phenoxy) is 1. The molecule has 0 radical (unpaired) electrons. The average Bonchev–Trinajstić information content (AvgIpc) is 3.05. The van der Waals surface area contributed by atoms with E-state index in [2.05, 4.69) is 41.7 Å². The lowest BCUT2D eigenvalue weighted by molar-refractivity contribution is 0.291. The van der Waals surface area contributed by atoms with E-state index in [1.807, 2.05) is 0 Å². The Balaban J connectivity index is 1.96. The first-order chi connectivity index (χ1) is 10.6. The molecule has 11 heteroatoms. The lowest BCUT2D eigenvalue weighted by Gasteiger charge is -2.08. The molecule has 0 amide bonds. The maximum absolute atomic E-state index is 11.9. The van der Waals surface area contributed by atoms with Gasteiger partial charge in [-0.25, -0.2) is 4.79 Å². The number of aryl methyl sites for hydroxylation is 1. The minimum absolute atomic E-state index is 0.0610. The molecule has 1 N–H and O–H groups in total. The number of nitrogens with one attached hydrogen (secondary N) is 1. The Labute approximate surface area is 127 Å². The summed E-state index contributed by atoms with van der Waals surface area (Å²) in [6.45, 7) is 0.0610. The molecule has 3 aromatic rings. The summed E-state index contributed by atoms with van der Waals surface area (Å²) in [5.74, 6) is 0.480. The summed E-state index contributed by atoms with van der Waals surface area (Å²) in [4.78, 5) is 11.9. The highest BCUT2D eigenvalue weighted by atomic mass is 79.9. The highest BCUT2D eigenvalue weighted by molar-refractivity contribution is 9.10. The standard InChI is InChI=1S/C10H9BrN8O2/c1-18-10(20)19(17-16-18)9-6(7(11)4-13-15-9)5-21-8-2-3-12-14-8/h2-4H,5H2,1H3,(H,12,14)/i/hT. The molecule has 21 heavy (non-hydrogen) atoms. The summed E-state index contributed by atoms with van der Waals surface area (Å²) < 4.78 is 15.5. The van der Waals surface area contributed by atoms with Crippen LogP contribution in [0.25, 0.3) is 5.82 Å². The smallest absolute Gasteiger partial charge is 0.369 e. The molecule has 108 valence electrons. The summed E-state index contributed by atoms with van der Waals surface area (Å²) in [5, 5.41) is 19.8.